The number of nitrogens with zero attached hydrogens (tertiary/aromatic N) is 1. The molecule has 5 heteroatoms. The second kappa shape index (κ2) is 5.77. The quantitative estimate of drug-likeness (QED) is 0.530. The van der Waals surface area contributed by atoms with E-state index in [1.165, 1.54) is 0 Å². The molecule has 1 fully saturated rings. The monoisotopic (exact) mass is 382 g/mol. The zero-order chi connectivity index (χ0) is 19.7. The number of hydrogen-bond donors (Lipinski definition) is 1. The number of rotatable bonds is 2. The topological polar surface area (TPSA) is 71.9 Å². The first-order chi connectivity index (χ1) is 14.1. The van der Waals surface area contributed by atoms with Gasteiger partial charge in [-0.25, -0.2) is 0 Å². The van der Waals surface area contributed by atoms with Crippen LogP contribution in [0.25, 0.3) is 21.8 Å². The largest absolute Gasteiger partial charge is 0.361 e. The molecule has 142 valence electrons. The summed E-state index contributed by atoms with van der Waals surface area (Å²) in [6.07, 6.45) is 4.77. The first kappa shape index (κ1) is 16.5. The van der Waals surface area contributed by atoms with E-state index in [4.69, 9.17) is 0 Å². The number of H-pyrrole nitrogens is 1. The minimum absolute atomic E-state index is 0.0420. The molecule has 0 unspecified atom stereocenters. The van der Waals surface area contributed by atoms with Crippen molar-refractivity contribution in [2.75, 3.05) is 0 Å². The molecular weight excluding hydrogens is 364 g/mol. The molecule has 6 rings (SSSR count). The predicted octanol–water partition coefficient (Wildman–Crippen LogP) is 4.12. The molecule has 0 bridgehead atoms. The third-order valence-corrected chi connectivity index (χ3v) is 6.48. The van der Waals surface area contributed by atoms with Gasteiger partial charge in [-0.3, -0.25) is 19.0 Å². The molecule has 4 aromatic rings. The highest BCUT2D eigenvalue weighted by atomic mass is 16.2. The molecule has 2 atom stereocenters. The van der Waals surface area contributed by atoms with Gasteiger partial charge in [-0.1, -0.05) is 36.4 Å². The summed E-state index contributed by atoms with van der Waals surface area (Å²) in [6.45, 7) is 0. The van der Waals surface area contributed by atoms with Crippen LogP contribution in [0.15, 0.2) is 54.9 Å². The van der Waals surface area contributed by atoms with Crippen LogP contribution in [0.3, 0.4) is 0 Å². The van der Waals surface area contributed by atoms with Crippen molar-refractivity contribution in [3.05, 3.63) is 71.5 Å². The lowest BCUT2D eigenvalue weighted by Gasteiger charge is -2.17. The standard InChI is InChI=1S/C24H18N2O3/c27-19-10-20(28)23(22(19)16-11-25-18-7-2-1-5-14(16)18)17-12-26-21(29)9-8-13-4-3-6-15(17)24(13)26/h1-7,11-12,22-23,25H,8-10H2/t22-,23-/m0/s1. The fourth-order valence-electron chi connectivity index (χ4n) is 5.21. The van der Waals surface area contributed by atoms with Gasteiger partial charge in [0.15, 0.2) is 0 Å². The van der Waals surface area contributed by atoms with Crippen LogP contribution in [0.1, 0.15) is 46.2 Å². The van der Waals surface area contributed by atoms with Gasteiger partial charge in [-0.05, 0) is 29.2 Å². The van der Waals surface area contributed by atoms with Crippen molar-refractivity contribution in [3.63, 3.8) is 0 Å². The van der Waals surface area contributed by atoms with Crippen molar-refractivity contribution in [2.24, 2.45) is 0 Å². The minimum Gasteiger partial charge on any atom is -0.361 e. The number of ketones is 2. The van der Waals surface area contributed by atoms with Crippen LogP contribution in [0.2, 0.25) is 0 Å². The summed E-state index contributed by atoms with van der Waals surface area (Å²) >= 11 is 0. The first-order valence-electron chi connectivity index (χ1n) is 9.91. The van der Waals surface area contributed by atoms with Crippen molar-refractivity contribution in [2.45, 2.75) is 31.1 Å². The molecule has 29 heavy (non-hydrogen) atoms. The van der Waals surface area contributed by atoms with Crippen LogP contribution >= 0.6 is 0 Å². The predicted molar refractivity (Wildman–Crippen MR) is 109 cm³/mol. The summed E-state index contributed by atoms with van der Waals surface area (Å²) in [6, 6.07) is 13.8. The lowest BCUT2D eigenvalue weighted by atomic mass is 9.83. The fourth-order valence-corrected chi connectivity index (χ4v) is 5.21. The lowest BCUT2D eigenvalue weighted by molar-refractivity contribution is -0.122. The molecule has 1 N–H and O–H groups in total. The van der Waals surface area contributed by atoms with E-state index in [-0.39, 0.29) is 23.9 Å². The number of para-hydroxylation sites is 2. The zero-order valence-corrected chi connectivity index (χ0v) is 15.6. The average Bonchev–Trinajstić information content (AvgIpc) is 3.39. The Balaban J connectivity index is 1.60. The summed E-state index contributed by atoms with van der Waals surface area (Å²) < 4.78 is 1.69. The molecule has 2 aliphatic rings. The molecule has 5 nitrogen and oxygen atoms in total. The fraction of sp³-hybridized carbons (Fsp3) is 0.208. The number of hydrogen-bond acceptors (Lipinski definition) is 3. The molecular formula is C24H18N2O3. The van der Waals surface area contributed by atoms with Crippen molar-refractivity contribution < 1.29 is 14.4 Å². The Morgan fingerprint density at radius 2 is 1.59 bits per heavy atom. The van der Waals surface area contributed by atoms with Crippen LogP contribution in [0, 0.1) is 0 Å². The van der Waals surface area contributed by atoms with Gasteiger partial charge >= 0.3 is 0 Å². The highest BCUT2D eigenvalue weighted by molar-refractivity contribution is 6.16. The SMILES string of the molecule is O=C1CC(=O)[C@H](c2cn3c4c(cccc24)CCC3=O)[C@H]1c1c[nH]c2ccccc12. The Labute approximate surface area is 166 Å². The maximum atomic E-state index is 13.0. The number of fused-ring (bicyclic) bond motifs is 1. The first-order valence-corrected chi connectivity index (χ1v) is 9.91. The van der Waals surface area contributed by atoms with Gasteiger partial charge in [0.1, 0.15) is 11.6 Å². The maximum Gasteiger partial charge on any atom is 0.231 e. The van der Waals surface area contributed by atoms with Crippen molar-refractivity contribution >= 4 is 39.3 Å². The third-order valence-electron chi connectivity index (χ3n) is 6.48. The molecule has 1 aliphatic heterocycles. The Morgan fingerprint density at radius 1 is 0.828 bits per heavy atom. The van der Waals surface area contributed by atoms with E-state index in [2.05, 4.69) is 4.98 Å². The van der Waals surface area contributed by atoms with Crippen LogP contribution in [-0.4, -0.2) is 27.0 Å². The molecule has 0 saturated heterocycles. The molecule has 3 heterocycles. The average molecular weight is 382 g/mol. The highest BCUT2D eigenvalue weighted by Gasteiger charge is 2.45. The second-order valence-electron chi connectivity index (χ2n) is 8.02. The summed E-state index contributed by atoms with van der Waals surface area (Å²) in [5.41, 5.74) is 4.62. The minimum atomic E-state index is -0.563. The Bertz CT molecular complexity index is 1360. The second-order valence-corrected chi connectivity index (χ2v) is 8.02. The zero-order valence-electron chi connectivity index (χ0n) is 15.6. The number of aromatic nitrogens is 2. The number of nitrogens with one attached hydrogen (secondary N) is 1. The number of Topliss-reactive ketones (excluding diaryl/α,β-unsaturated/α-hetero) is 2. The van der Waals surface area contributed by atoms with E-state index in [1.807, 2.05) is 48.7 Å². The van der Waals surface area contributed by atoms with E-state index in [9.17, 15) is 14.4 Å². The summed E-state index contributed by atoms with van der Waals surface area (Å²) in [4.78, 5) is 41.7. The van der Waals surface area contributed by atoms with Crippen molar-refractivity contribution in [1.29, 1.82) is 0 Å². The highest BCUT2D eigenvalue weighted by Crippen LogP contribution is 2.46. The van der Waals surface area contributed by atoms with E-state index in [1.54, 1.807) is 10.8 Å². The van der Waals surface area contributed by atoms with Crippen LogP contribution in [0.5, 0.6) is 0 Å². The van der Waals surface area contributed by atoms with Crippen molar-refractivity contribution in [3.8, 4) is 0 Å². The van der Waals surface area contributed by atoms with E-state index >= 15 is 0 Å². The van der Waals surface area contributed by atoms with Gasteiger partial charge in [0.25, 0.3) is 0 Å². The molecule has 2 aromatic carbocycles. The molecule has 0 amide bonds. The third kappa shape index (κ3) is 2.18. The van der Waals surface area contributed by atoms with E-state index in [0.717, 1.165) is 38.5 Å². The Morgan fingerprint density at radius 3 is 2.45 bits per heavy atom. The van der Waals surface area contributed by atoms with Gasteiger partial charge in [0.2, 0.25) is 5.91 Å². The van der Waals surface area contributed by atoms with Crippen LogP contribution in [-0.2, 0) is 16.0 Å². The number of carbonyl (C=O) groups excluding carboxylic acids is 3. The number of aromatic amines is 1. The van der Waals surface area contributed by atoms with Gasteiger partial charge in [0.05, 0.1) is 23.8 Å². The molecule has 0 radical (unpaired) electrons. The van der Waals surface area contributed by atoms with Gasteiger partial charge < -0.3 is 4.98 Å². The summed E-state index contributed by atoms with van der Waals surface area (Å²) in [7, 11) is 0. The van der Waals surface area contributed by atoms with Gasteiger partial charge in [-0.15, -0.1) is 0 Å². The Hall–Kier alpha value is -3.47. The van der Waals surface area contributed by atoms with Gasteiger partial charge in [-0.2, -0.15) is 0 Å². The Kier molecular flexibility index (Phi) is 3.28. The lowest BCUT2D eigenvalue weighted by Crippen LogP contribution is -2.16. The van der Waals surface area contributed by atoms with Gasteiger partial charge in [0, 0.05) is 35.1 Å². The number of carbonyl (C=O) groups is 3. The molecule has 2 aromatic heterocycles. The number of aryl methyl sites for hydroxylation is 1. The van der Waals surface area contributed by atoms with E-state index < -0.39 is 11.8 Å². The van der Waals surface area contributed by atoms with Crippen LogP contribution < -0.4 is 0 Å². The van der Waals surface area contributed by atoms with E-state index in [0.29, 0.717) is 12.8 Å². The maximum absolute atomic E-state index is 13.0. The summed E-state index contributed by atoms with van der Waals surface area (Å²) in [5, 5.41) is 1.88. The molecule has 1 saturated carbocycles. The van der Waals surface area contributed by atoms with Crippen LogP contribution in [0.4, 0.5) is 0 Å². The normalized spacial score (nSPS) is 21.6. The number of benzene rings is 2. The molecule has 1 aliphatic carbocycles. The molecule has 0 spiro atoms. The smallest absolute Gasteiger partial charge is 0.231 e. The summed E-state index contributed by atoms with van der Waals surface area (Å²) in [5.74, 6) is -1.17. The van der Waals surface area contributed by atoms with Crippen molar-refractivity contribution in [1.82, 2.24) is 9.55 Å².